The molecule has 3 aromatic carbocycles. The Morgan fingerprint density at radius 1 is 0.519 bits per heavy atom. The highest BCUT2D eigenvalue weighted by molar-refractivity contribution is 8.76. The van der Waals surface area contributed by atoms with E-state index >= 15 is 0 Å². The van der Waals surface area contributed by atoms with Gasteiger partial charge in [0, 0.05) is 49.4 Å². The highest BCUT2D eigenvalue weighted by Crippen LogP contribution is 2.25. The second kappa shape index (κ2) is 43.0. The van der Waals surface area contributed by atoms with Crippen molar-refractivity contribution in [3.63, 3.8) is 0 Å². The molecule has 1 heterocycles. The number of nitrogens with two attached hydrogens (primary N) is 2. The predicted octanol–water partition coefficient (Wildman–Crippen LogP) is -2.63. The molecule has 0 aliphatic carbocycles. The molecule has 0 saturated carbocycles. The quantitative estimate of drug-likeness (QED) is 0.0289. The van der Waals surface area contributed by atoms with Crippen molar-refractivity contribution in [2.45, 2.75) is 171 Å². The number of primary amides is 1. The molecule has 13 atom stereocenters. The fourth-order valence-corrected chi connectivity index (χ4v) is 12.7. The van der Waals surface area contributed by atoms with E-state index in [1.807, 2.05) is 0 Å². The molecule has 1 saturated heterocycles. The molecule has 0 radical (unpaired) electrons. The van der Waals surface area contributed by atoms with Crippen molar-refractivity contribution in [1.82, 2.24) is 58.5 Å². The number of hydrogen-bond acceptors (Lipinski definition) is 22. The number of amides is 12. The first kappa shape index (κ1) is 86.2. The summed E-state index contributed by atoms with van der Waals surface area (Å²) in [6.07, 6.45) is -6.37. The molecule has 3 aromatic rings. The number of carboxylic acids is 4. The molecule has 0 unspecified atom stereocenters. The number of carbonyl (C=O) groups is 16. The van der Waals surface area contributed by atoms with Gasteiger partial charge in [0.1, 0.15) is 78.0 Å². The lowest BCUT2D eigenvalue weighted by molar-refractivity contribution is -0.142. The molecule has 4 rings (SSSR count). The van der Waals surface area contributed by atoms with Crippen molar-refractivity contribution >= 4 is 129 Å². The lowest BCUT2D eigenvalue weighted by Crippen LogP contribution is -2.62. The van der Waals surface area contributed by atoms with E-state index in [1.165, 1.54) is 62.4 Å². The molecule has 35 nitrogen and oxygen atoms in total. The molecule has 12 amide bonds. The monoisotopic (exact) mass is 1510 g/mol. The number of nitrogens with one attached hydrogen (secondary N) is 11. The van der Waals surface area contributed by atoms with Crippen LogP contribution in [0.25, 0.3) is 0 Å². The standard InChI is InChI=1S/C66H89N13O22S3/c1-5-33(4)54-65(99)75-46(29-102)61(95)70-42(21-24-51(85)86)58(92)78-53(32(2)3)64(98)71-41(20-23-50(83)84)56(90)73-44(28-52(87)88)59(93)69-40(19-22-49(68)82)57(91)77-48(63(97)74-45(66(100)101)27-36-13-17-38(81)18-14-36)31-104-103-30-47(76-55(89)39(67)25-34-9-7-6-8-10-34)62(96)72-43(60(94)79-54)26-35-11-15-37(80)16-12-35/h6-18,32-33,39-48,53-54,80-81,102H,5,19-31,67H2,1-4H3,(H2,68,82)(H,69,93)(H,70,95)(H,71,98)(H,72,96)(H,73,90)(H,74,97)(H,75,99)(H,76,89)(H,77,91)(H,78,92)(H,79,94)(H,83,84)(H,85,86)(H,87,88)(H,100,101)/t33-,39-,40-,41-,42-,43-,44-,45-,46-,47-,48-,53-,54+/m0/s1. The van der Waals surface area contributed by atoms with E-state index in [0.717, 1.165) is 21.6 Å². The first-order valence-electron chi connectivity index (χ1n) is 32.8. The van der Waals surface area contributed by atoms with Gasteiger partial charge in [-0.15, -0.1) is 0 Å². The van der Waals surface area contributed by atoms with Crippen molar-refractivity contribution in [3.8, 4) is 11.5 Å². The van der Waals surface area contributed by atoms with Crippen molar-refractivity contribution in [1.29, 1.82) is 0 Å². The zero-order valence-electron chi connectivity index (χ0n) is 57.1. The van der Waals surface area contributed by atoms with E-state index < -0.39 is 248 Å². The van der Waals surface area contributed by atoms with E-state index in [9.17, 15) is 107 Å². The molecule has 38 heteroatoms. The summed E-state index contributed by atoms with van der Waals surface area (Å²) >= 11 is 4.26. The highest BCUT2D eigenvalue weighted by atomic mass is 33.1. The largest absolute Gasteiger partial charge is 0.508 e. The third-order valence-electron chi connectivity index (χ3n) is 16.2. The van der Waals surface area contributed by atoms with Gasteiger partial charge >= 0.3 is 23.9 Å². The lowest BCUT2D eigenvalue weighted by atomic mass is 9.96. The maximum atomic E-state index is 14.9. The van der Waals surface area contributed by atoms with Gasteiger partial charge in [0.15, 0.2) is 0 Å². The normalized spacial score (nSPS) is 22.9. The van der Waals surface area contributed by atoms with E-state index in [4.69, 9.17) is 11.5 Å². The summed E-state index contributed by atoms with van der Waals surface area (Å²) in [5.41, 5.74) is 13.1. The number of aromatic hydroxyl groups is 2. The summed E-state index contributed by atoms with van der Waals surface area (Å²) < 4.78 is 0. The van der Waals surface area contributed by atoms with Crippen LogP contribution in [0.5, 0.6) is 11.5 Å². The van der Waals surface area contributed by atoms with Crippen LogP contribution in [-0.4, -0.2) is 215 Å². The van der Waals surface area contributed by atoms with Crippen LogP contribution in [0, 0.1) is 11.8 Å². The van der Waals surface area contributed by atoms with Gasteiger partial charge in [0.25, 0.3) is 0 Å². The van der Waals surface area contributed by atoms with Crippen LogP contribution in [0.4, 0.5) is 0 Å². The Bertz CT molecular complexity index is 3540. The molecule has 0 bridgehead atoms. The molecule has 0 aromatic heterocycles. The number of thiol groups is 1. The van der Waals surface area contributed by atoms with Crippen molar-refractivity contribution in [3.05, 3.63) is 95.6 Å². The van der Waals surface area contributed by atoms with Crippen LogP contribution in [0.3, 0.4) is 0 Å². The van der Waals surface area contributed by atoms with Crippen molar-refractivity contribution in [2.75, 3.05) is 17.3 Å². The molecule has 0 spiro atoms. The fourth-order valence-electron chi connectivity index (χ4n) is 10.1. The van der Waals surface area contributed by atoms with Crippen LogP contribution in [0.1, 0.15) is 95.8 Å². The van der Waals surface area contributed by atoms with Crippen LogP contribution in [0.15, 0.2) is 78.9 Å². The molecule has 104 heavy (non-hydrogen) atoms. The minimum Gasteiger partial charge on any atom is -0.508 e. The van der Waals surface area contributed by atoms with Gasteiger partial charge in [-0.2, -0.15) is 12.6 Å². The van der Waals surface area contributed by atoms with Crippen LogP contribution in [-0.2, 0) is 96.0 Å². The van der Waals surface area contributed by atoms with Crippen molar-refractivity contribution in [2.24, 2.45) is 23.3 Å². The second-order valence-electron chi connectivity index (χ2n) is 24.7. The Kier molecular flexibility index (Phi) is 35.7. The van der Waals surface area contributed by atoms with Gasteiger partial charge in [-0.3, -0.25) is 71.9 Å². The number of hydrogen-bond donors (Lipinski definition) is 20. The molecule has 1 aliphatic heterocycles. The van der Waals surface area contributed by atoms with E-state index in [-0.39, 0.29) is 30.8 Å². The van der Waals surface area contributed by atoms with E-state index in [1.54, 1.807) is 44.2 Å². The second-order valence-corrected chi connectivity index (χ2v) is 27.7. The number of benzene rings is 3. The average molecular weight is 1510 g/mol. The Balaban J connectivity index is 1.95. The number of rotatable bonds is 26. The van der Waals surface area contributed by atoms with E-state index in [0.29, 0.717) is 16.7 Å². The summed E-state index contributed by atoms with van der Waals surface area (Å²) in [4.78, 5) is 220. The van der Waals surface area contributed by atoms with Gasteiger partial charge in [0.05, 0.1) is 12.5 Å². The smallest absolute Gasteiger partial charge is 0.326 e. The summed E-state index contributed by atoms with van der Waals surface area (Å²) in [6.45, 7) is 6.03. The average Bonchev–Trinajstić information content (AvgIpc) is 0.854. The van der Waals surface area contributed by atoms with Gasteiger partial charge in [-0.25, -0.2) is 4.79 Å². The maximum absolute atomic E-state index is 14.9. The Hall–Kier alpha value is -10.2. The van der Waals surface area contributed by atoms with Crippen LogP contribution in [0.2, 0.25) is 0 Å². The Morgan fingerprint density at radius 2 is 0.962 bits per heavy atom. The molecule has 1 fully saturated rings. The number of phenols is 2. The highest BCUT2D eigenvalue weighted by Gasteiger charge is 2.39. The number of phenolic OH excluding ortho intramolecular Hbond substituents is 2. The van der Waals surface area contributed by atoms with E-state index in [2.05, 4.69) is 71.1 Å². The third-order valence-corrected chi connectivity index (χ3v) is 19.0. The minimum atomic E-state index is -2.22. The maximum Gasteiger partial charge on any atom is 0.326 e. The van der Waals surface area contributed by atoms with Crippen LogP contribution >= 0.6 is 34.2 Å². The summed E-state index contributed by atoms with van der Waals surface area (Å²) in [6, 6.07) is -1.99. The van der Waals surface area contributed by atoms with Gasteiger partial charge in [-0.1, -0.05) is 110 Å². The van der Waals surface area contributed by atoms with Gasteiger partial charge < -0.3 is 101 Å². The number of carbonyl (C=O) groups excluding carboxylic acids is 12. The first-order valence-corrected chi connectivity index (χ1v) is 35.9. The Labute approximate surface area is 610 Å². The topological polar surface area (TPSA) is 579 Å². The zero-order valence-corrected chi connectivity index (χ0v) is 59.6. The summed E-state index contributed by atoms with van der Waals surface area (Å²) in [5, 5.41) is 86.3. The zero-order chi connectivity index (χ0) is 77.5. The fraction of sp³-hybridized carbons (Fsp3) is 0.485. The molecular weight excluding hydrogens is 1420 g/mol. The van der Waals surface area contributed by atoms with Gasteiger partial charge in [-0.05, 0) is 78.5 Å². The SMILES string of the molecule is CC[C@H](C)[C@H]1NC(=O)[C@H](Cc2ccc(O)cc2)NC(=O)[C@@H](NC(=O)[C@@H](N)Cc2ccccc2)CSSC[C@@H](C(=O)N[C@@H](Cc2ccc(O)cc2)C(=O)O)NC(=O)[C@H](CCC(N)=O)NC(=O)[C@H](CC(=O)O)NC(=O)[C@H](CCC(=O)O)NC(=O)[C@H](C(C)C)NC(=O)[C@H](CCC(=O)O)NC(=O)[C@H](CS)NC1=O. The number of carboxylic acid groups (broad SMARTS) is 4. The summed E-state index contributed by atoms with van der Waals surface area (Å²) in [5.74, 6) is -23.9. The van der Waals surface area contributed by atoms with Crippen molar-refractivity contribution < 1.29 is 107 Å². The molecule has 568 valence electrons. The minimum absolute atomic E-state index is 0.0477. The molecule has 21 N–H and O–H groups in total. The van der Waals surface area contributed by atoms with Crippen LogP contribution < -0.4 is 70.0 Å². The third kappa shape index (κ3) is 29.6. The lowest BCUT2D eigenvalue weighted by Gasteiger charge is -2.30. The summed E-state index contributed by atoms with van der Waals surface area (Å²) in [7, 11) is 1.51. The predicted molar refractivity (Wildman–Crippen MR) is 378 cm³/mol. The number of aliphatic carboxylic acids is 4. The Morgan fingerprint density at radius 3 is 1.48 bits per heavy atom. The van der Waals surface area contributed by atoms with Gasteiger partial charge in [0.2, 0.25) is 70.9 Å². The molecular formula is C66H89N13O22S3. The molecule has 1 aliphatic rings. The first-order chi connectivity index (χ1) is 49.1.